The minimum atomic E-state index is -1.19. The second kappa shape index (κ2) is 14.9. The lowest BCUT2D eigenvalue weighted by atomic mass is 9.68. The number of nitrogens with zero attached hydrogens (tertiary/aromatic N) is 2. The number of allylic oxidation sites excluding steroid dienone is 4. The Kier molecular flexibility index (Phi) is 10.5. The number of aromatic nitrogens is 4. The normalized spacial score (nSPS) is 16.5. The minimum absolute atomic E-state index is 0.140. The van der Waals surface area contributed by atoms with Crippen LogP contribution in [-0.4, -0.2) is 72.3 Å². The smallest absolute Gasteiger partial charge is 0.335 e. The van der Waals surface area contributed by atoms with E-state index in [2.05, 4.69) is 23.8 Å². The molecule has 3 aliphatic rings. The number of hydrogen-bond donors (Lipinski definition) is 2. The standard InChI is InChI=1S/C42H46N4O8/c1-10-24-21(2)30-18-35-28-14-11-27(40(49)53-8)39(41(50)54-9)42(28,5)36(46-35)20-31-23(4)26(13-16-38(48)52-7)34(45-31)19-33-25(12-15-37(47)51-6)22(3)29(44-33)17-32(24)43-30/h14,17-20,43,45H,10-13,15-16H2,1-9H3. The van der Waals surface area contributed by atoms with Crippen LogP contribution in [0.3, 0.4) is 0 Å². The van der Waals surface area contributed by atoms with E-state index in [9.17, 15) is 19.2 Å². The molecule has 1 unspecified atom stereocenters. The molecular formula is C42H46N4O8. The summed E-state index contributed by atoms with van der Waals surface area (Å²) in [5.41, 5.74) is 11.5. The molecule has 5 heterocycles. The summed E-state index contributed by atoms with van der Waals surface area (Å²) in [4.78, 5) is 69.1. The number of ether oxygens (including phenoxy) is 4. The number of methoxy groups -OCH3 is 4. The van der Waals surface area contributed by atoms with Crippen LogP contribution in [0.1, 0.15) is 91.5 Å². The van der Waals surface area contributed by atoms with Crippen LogP contribution in [0.25, 0.3) is 38.8 Å². The Labute approximate surface area is 313 Å². The first kappa shape index (κ1) is 38.0. The summed E-state index contributed by atoms with van der Waals surface area (Å²) in [6.45, 7) is 10.0. The predicted molar refractivity (Wildman–Crippen MR) is 205 cm³/mol. The van der Waals surface area contributed by atoms with E-state index < -0.39 is 17.4 Å². The van der Waals surface area contributed by atoms with Crippen molar-refractivity contribution in [3.63, 3.8) is 0 Å². The van der Waals surface area contributed by atoms with Gasteiger partial charge in [-0.2, -0.15) is 0 Å². The van der Waals surface area contributed by atoms with Crippen LogP contribution < -0.4 is 0 Å². The molecule has 6 rings (SSSR count). The van der Waals surface area contributed by atoms with Crippen molar-refractivity contribution in [2.24, 2.45) is 0 Å². The van der Waals surface area contributed by atoms with E-state index in [-0.39, 0.29) is 42.3 Å². The molecule has 0 amide bonds. The number of rotatable bonds is 9. The van der Waals surface area contributed by atoms with E-state index in [0.717, 1.165) is 67.6 Å². The molecule has 0 aromatic carbocycles. The number of hydrogen-bond acceptors (Lipinski definition) is 10. The van der Waals surface area contributed by atoms with Crippen LogP contribution >= 0.6 is 0 Å². The van der Waals surface area contributed by atoms with Gasteiger partial charge >= 0.3 is 23.9 Å². The zero-order valence-electron chi connectivity index (χ0n) is 32.3. The van der Waals surface area contributed by atoms with Gasteiger partial charge in [0.2, 0.25) is 0 Å². The molecule has 8 bridgehead atoms. The van der Waals surface area contributed by atoms with Crippen molar-refractivity contribution in [2.45, 2.75) is 78.6 Å². The molecule has 1 atom stereocenters. The van der Waals surface area contributed by atoms with E-state index in [4.69, 9.17) is 28.9 Å². The number of fused-ring (bicyclic) bond motifs is 11. The first-order chi connectivity index (χ1) is 25.8. The zero-order chi connectivity index (χ0) is 39.1. The second-order valence-electron chi connectivity index (χ2n) is 13.8. The van der Waals surface area contributed by atoms with E-state index in [0.29, 0.717) is 35.4 Å². The maximum Gasteiger partial charge on any atom is 0.335 e. The monoisotopic (exact) mass is 734 g/mol. The third kappa shape index (κ3) is 6.43. The highest BCUT2D eigenvalue weighted by molar-refractivity contribution is 6.07. The van der Waals surface area contributed by atoms with Crippen molar-refractivity contribution >= 4 is 62.7 Å². The first-order valence-electron chi connectivity index (χ1n) is 18.0. The number of aromatic amines is 2. The van der Waals surface area contributed by atoms with Gasteiger partial charge in [-0.3, -0.25) is 14.6 Å². The number of esters is 4. The van der Waals surface area contributed by atoms with E-state index in [1.54, 1.807) is 0 Å². The maximum absolute atomic E-state index is 13.7. The van der Waals surface area contributed by atoms with Gasteiger partial charge in [-0.25, -0.2) is 14.6 Å². The van der Waals surface area contributed by atoms with Crippen molar-refractivity contribution in [3.05, 3.63) is 86.5 Å². The molecule has 282 valence electrons. The quantitative estimate of drug-likeness (QED) is 0.175. The van der Waals surface area contributed by atoms with Crippen LogP contribution in [0.4, 0.5) is 0 Å². The molecule has 0 saturated heterocycles. The highest BCUT2D eigenvalue weighted by Gasteiger charge is 2.49. The fourth-order valence-electron chi connectivity index (χ4n) is 7.98. The second-order valence-corrected chi connectivity index (χ2v) is 13.8. The Hall–Kier alpha value is -5.78. The highest BCUT2D eigenvalue weighted by Crippen LogP contribution is 2.51. The Bertz CT molecular complexity index is 2370. The van der Waals surface area contributed by atoms with Crippen LogP contribution in [0.5, 0.6) is 0 Å². The molecule has 12 heteroatoms. The van der Waals surface area contributed by atoms with Crippen LogP contribution in [0, 0.1) is 13.8 Å². The van der Waals surface area contributed by atoms with Gasteiger partial charge in [-0.05, 0) is 117 Å². The van der Waals surface area contributed by atoms with E-state index in [1.807, 2.05) is 51.1 Å². The molecule has 12 nitrogen and oxygen atoms in total. The Balaban J connectivity index is 1.77. The van der Waals surface area contributed by atoms with Gasteiger partial charge in [0.15, 0.2) is 0 Å². The Morgan fingerprint density at radius 3 is 1.91 bits per heavy atom. The lowest BCUT2D eigenvalue weighted by molar-refractivity contribution is -0.141. The predicted octanol–water partition coefficient (Wildman–Crippen LogP) is 6.87. The van der Waals surface area contributed by atoms with Gasteiger partial charge in [0.25, 0.3) is 0 Å². The van der Waals surface area contributed by atoms with Crippen LogP contribution in [0.15, 0.2) is 41.5 Å². The number of carbonyl (C=O) groups excluding carboxylic acids is 4. The van der Waals surface area contributed by atoms with Crippen LogP contribution in [0.2, 0.25) is 0 Å². The van der Waals surface area contributed by atoms with Gasteiger partial charge in [-0.1, -0.05) is 13.0 Å². The molecule has 0 fully saturated rings. The zero-order valence-corrected chi connectivity index (χ0v) is 32.3. The molecule has 0 spiro atoms. The first-order valence-corrected chi connectivity index (χ1v) is 18.0. The number of carbonyl (C=O) groups is 4. The third-order valence-corrected chi connectivity index (χ3v) is 11.1. The number of H-pyrrole nitrogens is 2. The SMILES string of the molecule is CCc1c(C)c2cc3nc(cc4[nH]c(cc5nc(cc1[nH]2)C(C)=C5CCC(=O)OC)c(CCC(=O)OC)c4C)C1(C)C3=CCC(C(=O)OC)=C1C(=O)OC. The Morgan fingerprint density at radius 1 is 0.704 bits per heavy atom. The van der Waals surface area contributed by atoms with Crippen molar-refractivity contribution in [2.75, 3.05) is 28.4 Å². The summed E-state index contributed by atoms with van der Waals surface area (Å²) in [7, 11) is 5.32. The number of aryl methyl sites for hydroxylation is 4. The molecule has 3 aromatic heterocycles. The topological polar surface area (TPSA) is 163 Å². The third-order valence-electron chi connectivity index (χ3n) is 11.1. The average molecular weight is 735 g/mol. The largest absolute Gasteiger partial charge is 0.469 e. The highest BCUT2D eigenvalue weighted by atomic mass is 16.5. The molecule has 1 aliphatic carbocycles. The number of nitrogens with one attached hydrogen (secondary N) is 2. The summed E-state index contributed by atoms with van der Waals surface area (Å²) in [6.07, 6.45) is 3.95. The van der Waals surface area contributed by atoms with E-state index in [1.165, 1.54) is 28.4 Å². The van der Waals surface area contributed by atoms with Crippen molar-refractivity contribution in [1.29, 1.82) is 0 Å². The average Bonchev–Trinajstić information content (AvgIpc) is 3.82. The minimum Gasteiger partial charge on any atom is -0.469 e. The van der Waals surface area contributed by atoms with Crippen molar-refractivity contribution < 1.29 is 38.1 Å². The Morgan fingerprint density at radius 2 is 1.28 bits per heavy atom. The van der Waals surface area contributed by atoms with Gasteiger partial charge < -0.3 is 28.9 Å². The van der Waals surface area contributed by atoms with Gasteiger partial charge in [0.1, 0.15) is 0 Å². The molecule has 3 aromatic rings. The lowest BCUT2D eigenvalue weighted by Crippen LogP contribution is -2.34. The molecule has 2 aliphatic heterocycles. The summed E-state index contributed by atoms with van der Waals surface area (Å²) < 4.78 is 20.4. The fourth-order valence-corrected chi connectivity index (χ4v) is 7.98. The van der Waals surface area contributed by atoms with Crippen LogP contribution in [-0.2, 0) is 56.4 Å². The summed E-state index contributed by atoms with van der Waals surface area (Å²) in [6, 6.07) is 7.88. The molecular weight excluding hydrogens is 688 g/mol. The maximum atomic E-state index is 13.7. The van der Waals surface area contributed by atoms with Gasteiger partial charge in [0, 0.05) is 34.9 Å². The van der Waals surface area contributed by atoms with Gasteiger partial charge in [-0.15, -0.1) is 0 Å². The summed E-state index contributed by atoms with van der Waals surface area (Å²) in [5, 5.41) is 0. The molecule has 54 heavy (non-hydrogen) atoms. The van der Waals surface area contributed by atoms with Gasteiger partial charge in [0.05, 0.1) is 67.8 Å². The van der Waals surface area contributed by atoms with Crippen molar-refractivity contribution in [1.82, 2.24) is 19.9 Å². The fraction of sp³-hybridized carbons (Fsp3) is 0.381. The summed E-state index contributed by atoms with van der Waals surface area (Å²) in [5.74, 6) is -1.94. The summed E-state index contributed by atoms with van der Waals surface area (Å²) >= 11 is 0. The van der Waals surface area contributed by atoms with Crippen molar-refractivity contribution in [3.8, 4) is 0 Å². The molecule has 0 saturated carbocycles. The molecule has 2 N–H and O–H groups in total. The molecule has 0 radical (unpaired) electrons. The van der Waals surface area contributed by atoms with E-state index >= 15 is 0 Å². The lowest BCUT2D eigenvalue weighted by Gasteiger charge is -2.32.